The van der Waals surface area contributed by atoms with E-state index in [-0.39, 0.29) is 34.2 Å². The van der Waals surface area contributed by atoms with Gasteiger partial charge in [-0.2, -0.15) is 0 Å². The Morgan fingerprint density at radius 1 is 1.57 bits per heavy atom. The second kappa shape index (κ2) is 6.24. The number of halogens is 1. The van der Waals surface area contributed by atoms with E-state index < -0.39 is 5.91 Å². The van der Waals surface area contributed by atoms with Crippen LogP contribution in [0.1, 0.15) is 22.9 Å². The number of amidine groups is 1. The van der Waals surface area contributed by atoms with Gasteiger partial charge >= 0.3 is 0 Å². The molecule has 8 nitrogen and oxygen atoms in total. The fraction of sp³-hybridized carbons (Fsp3) is 0.231. The molecule has 1 heterocycles. The van der Waals surface area contributed by atoms with Gasteiger partial charge in [0.25, 0.3) is 0 Å². The molecular formula is C13H12FN5O3S. The molecule has 0 aliphatic heterocycles. The lowest BCUT2D eigenvalue weighted by atomic mass is 9.83. The number of oxime groups is 1. The third kappa shape index (κ3) is 3.11. The van der Waals surface area contributed by atoms with Crippen molar-refractivity contribution >= 4 is 23.5 Å². The van der Waals surface area contributed by atoms with Gasteiger partial charge in [-0.3, -0.25) is 4.79 Å². The zero-order chi connectivity index (χ0) is 16.4. The fourth-order valence-electron chi connectivity index (χ4n) is 2.27. The number of fused-ring (bicyclic) bond motifs is 1. The molecule has 0 saturated carbocycles. The number of nitrogens with one attached hydrogen (secondary N) is 1. The fourth-order valence-corrected chi connectivity index (χ4v) is 2.91. The number of hydrogen-bond donors (Lipinski definition) is 3. The highest BCUT2D eigenvalue weighted by molar-refractivity contribution is 8.00. The summed E-state index contributed by atoms with van der Waals surface area (Å²) in [5.74, 6) is -0.850. The molecule has 0 radical (unpaired) electrons. The molecule has 1 aromatic carbocycles. The van der Waals surface area contributed by atoms with E-state index >= 15 is 0 Å². The molecule has 3 rings (SSSR count). The van der Waals surface area contributed by atoms with Gasteiger partial charge in [-0.1, -0.05) is 23.0 Å². The maximum atomic E-state index is 13.3. The summed E-state index contributed by atoms with van der Waals surface area (Å²) in [5.41, 5.74) is 7.04. The third-order valence-electron chi connectivity index (χ3n) is 3.35. The molecule has 4 N–H and O–H groups in total. The van der Waals surface area contributed by atoms with E-state index in [9.17, 15) is 14.4 Å². The Bertz CT molecular complexity index is 779. The summed E-state index contributed by atoms with van der Waals surface area (Å²) < 4.78 is 17.9. The van der Waals surface area contributed by atoms with Gasteiger partial charge in [0.15, 0.2) is 16.6 Å². The van der Waals surface area contributed by atoms with E-state index in [1.807, 2.05) is 0 Å². The van der Waals surface area contributed by atoms with Gasteiger partial charge < -0.3 is 16.3 Å². The minimum Gasteiger partial charge on any atom is -0.409 e. The van der Waals surface area contributed by atoms with Gasteiger partial charge in [0.05, 0.1) is 11.8 Å². The van der Waals surface area contributed by atoms with Crippen LogP contribution in [-0.4, -0.2) is 33.0 Å². The van der Waals surface area contributed by atoms with Crippen LogP contribution in [0.4, 0.5) is 4.39 Å². The van der Waals surface area contributed by atoms with Crippen molar-refractivity contribution in [2.24, 2.45) is 10.9 Å². The Morgan fingerprint density at radius 3 is 3.13 bits per heavy atom. The van der Waals surface area contributed by atoms with Gasteiger partial charge in [-0.15, -0.1) is 0 Å². The van der Waals surface area contributed by atoms with E-state index in [0.29, 0.717) is 6.42 Å². The number of nitrogens with two attached hydrogens (primary N) is 1. The lowest BCUT2D eigenvalue weighted by molar-refractivity contribution is -0.115. The number of carbonyl (C=O) groups is 1. The molecule has 1 aromatic heterocycles. The molecule has 2 aromatic rings. The number of primary amides is 1. The van der Waals surface area contributed by atoms with Crippen molar-refractivity contribution in [3.05, 3.63) is 40.8 Å². The van der Waals surface area contributed by atoms with E-state index in [1.165, 1.54) is 12.1 Å². The number of benzene rings is 1. The zero-order valence-corrected chi connectivity index (χ0v) is 12.5. The molecule has 10 heteroatoms. The van der Waals surface area contributed by atoms with E-state index in [1.54, 1.807) is 6.07 Å². The van der Waals surface area contributed by atoms with Gasteiger partial charge in [0.2, 0.25) is 5.91 Å². The normalized spacial score (nSPS) is 16.6. The Balaban J connectivity index is 1.75. The number of hydrogen-bond acceptors (Lipinski definition) is 7. The number of thioether (sulfide) groups is 1. The van der Waals surface area contributed by atoms with Crippen LogP contribution in [0.2, 0.25) is 0 Å². The Hall–Kier alpha value is -2.62. The summed E-state index contributed by atoms with van der Waals surface area (Å²) in [7, 11) is 0. The molecule has 1 aliphatic rings. The molecule has 1 atom stereocenters. The maximum Gasteiger partial charge on any atom is 0.227 e. The van der Waals surface area contributed by atoms with Crippen molar-refractivity contribution in [3.63, 3.8) is 0 Å². The van der Waals surface area contributed by atoms with Gasteiger partial charge in [-0.25, -0.2) is 9.02 Å². The summed E-state index contributed by atoms with van der Waals surface area (Å²) in [5, 5.41) is 22.9. The Morgan fingerprint density at radius 2 is 2.39 bits per heavy atom. The SMILES string of the molecule is NC(=O)CSc1nonc1/C(=N\O)NC1Cc2ccc(F)cc21. The molecule has 1 amide bonds. The first-order valence-electron chi connectivity index (χ1n) is 6.59. The van der Waals surface area contributed by atoms with Crippen LogP contribution in [0, 0.1) is 5.82 Å². The van der Waals surface area contributed by atoms with Gasteiger partial charge in [-0.05, 0) is 40.0 Å². The molecule has 120 valence electrons. The summed E-state index contributed by atoms with van der Waals surface area (Å²) in [4.78, 5) is 10.8. The van der Waals surface area contributed by atoms with Crippen molar-refractivity contribution in [1.82, 2.24) is 15.6 Å². The van der Waals surface area contributed by atoms with Gasteiger partial charge in [0.1, 0.15) is 5.82 Å². The summed E-state index contributed by atoms with van der Waals surface area (Å²) in [6.45, 7) is 0. The quantitative estimate of drug-likeness (QED) is 0.242. The van der Waals surface area contributed by atoms with Crippen molar-refractivity contribution < 1.29 is 19.0 Å². The van der Waals surface area contributed by atoms with Crippen molar-refractivity contribution in [2.75, 3.05) is 5.75 Å². The topological polar surface area (TPSA) is 127 Å². The first-order chi connectivity index (χ1) is 11.1. The Labute approximate surface area is 133 Å². The highest BCUT2D eigenvalue weighted by Gasteiger charge is 2.29. The largest absolute Gasteiger partial charge is 0.409 e. The number of rotatable bonds is 5. The summed E-state index contributed by atoms with van der Waals surface area (Å²) in [6.07, 6.45) is 0.656. The summed E-state index contributed by atoms with van der Waals surface area (Å²) in [6, 6.07) is 4.33. The van der Waals surface area contributed by atoms with Crippen LogP contribution < -0.4 is 11.1 Å². The van der Waals surface area contributed by atoms with Crippen LogP contribution in [0.25, 0.3) is 0 Å². The van der Waals surface area contributed by atoms with E-state index in [2.05, 4.69) is 25.4 Å². The molecule has 0 fully saturated rings. The average Bonchev–Trinajstić information content (AvgIpc) is 2.97. The van der Waals surface area contributed by atoms with Crippen molar-refractivity contribution in [2.45, 2.75) is 17.5 Å². The standard InChI is InChI=1S/C13H12FN5O3S/c14-7-2-1-6-3-9(8(6)4-7)16-12(17-21)11-13(19-22-18-11)23-5-10(15)20/h1-2,4,9,21H,3,5H2,(H2,15,20)(H,16,17). The average molecular weight is 337 g/mol. The maximum absolute atomic E-state index is 13.3. The number of aromatic nitrogens is 2. The lowest BCUT2D eigenvalue weighted by Crippen LogP contribution is -2.36. The monoisotopic (exact) mass is 337 g/mol. The van der Waals surface area contributed by atoms with Crippen molar-refractivity contribution in [3.8, 4) is 0 Å². The molecule has 0 saturated heterocycles. The number of nitrogens with zero attached hydrogens (tertiary/aromatic N) is 3. The predicted octanol–water partition coefficient (Wildman–Crippen LogP) is 0.809. The number of carbonyl (C=O) groups excluding carboxylic acids is 1. The highest BCUT2D eigenvalue weighted by atomic mass is 32.2. The van der Waals surface area contributed by atoms with E-state index in [4.69, 9.17) is 5.73 Å². The second-order valence-electron chi connectivity index (χ2n) is 4.87. The number of amides is 1. The second-order valence-corrected chi connectivity index (χ2v) is 5.83. The first kappa shape index (κ1) is 15.3. The van der Waals surface area contributed by atoms with Crippen LogP contribution >= 0.6 is 11.8 Å². The molecule has 23 heavy (non-hydrogen) atoms. The van der Waals surface area contributed by atoms with E-state index in [0.717, 1.165) is 22.9 Å². The van der Waals surface area contributed by atoms with Crippen LogP contribution in [0.5, 0.6) is 0 Å². The molecule has 0 spiro atoms. The molecular weight excluding hydrogens is 325 g/mol. The minimum absolute atomic E-state index is 0.0165. The molecule has 0 bridgehead atoms. The van der Waals surface area contributed by atoms with Crippen LogP contribution in [-0.2, 0) is 11.2 Å². The predicted molar refractivity (Wildman–Crippen MR) is 78.5 cm³/mol. The van der Waals surface area contributed by atoms with Crippen LogP contribution in [0.15, 0.2) is 33.0 Å². The highest BCUT2D eigenvalue weighted by Crippen LogP contribution is 2.34. The minimum atomic E-state index is -0.525. The smallest absolute Gasteiger partial charge is 0.227 e. The van der Waals surface area contributed by atoms with Crippen LogP contribution in [0.3, 0.4) is 0 Å². The zero-order valence-electron chi connectivity index (χ0n) is 11.7. The van der Waals surface area contributed by atoms with Gasteiger partial charge in [0, 0.05) is 0 Å². The third-order valence-corrected chi connectivity index (χ3v) is 4.32. The molecule has 1 unspecified atom stereocenters. The van der Waals surface area contributed by atoms with Crippen molar-refractivity contribution in [1.29, 1.82) is 0 Å². The molecule has 1 aliphatic carbocycles. The lowest BCUT2D eigenvalue weighted by Gasteiger charge is -2.31. The first-order valence-corrected chi connectivity index (χ1v) is 7.58. The summed E-state index contributed by atoms with van der Waals surface area (Å²) >= 11 is 1.01. The Kier molecular flexibility index (Phi) is 4.15.